The van der Waals surface area contributed by atoms with Crippen molar-refractivity contribution in [1.29, 1.82) is 0 Å². The number of rotatable bonds is 4. The van der Waals surface area contributed by atoms with E-state index in [1.165, 1.54) is 10.7 Å². The third-order valence-electron chi connectivity index (χ3n) is 7.01. The van der Waals surface area contributed by atoms with E-state index in [2.05, 4.69) is 4.36 Å². The number of carbonyl (C=O) groups is 2. The third kappa shape index (κ3) is 4.69. The largest absolute Gasteiger partial charge is 0.342 e. The van der Waals surface area contributed by atoms with E-state index in [9.17, 15) is 22.2 Å². The lowest BCUT2D eigenvalue weighted by atomic mass is 9.88. The molecule has 2 heterocycles. The molecule has 4 rings (SSSR count). The molecule has 2 saturated carbocycles. The predicted octanol–water partition coefficient (Wildman–Crippen LogP) is 1.08. The summed E-state index contributed by atoms with van der Waals surface area (Å²) in [5.74, 6) is 1.46. The number of nitrogens with zero attached hydrogens (tertiary/aromatic N) is 3. The van der Waals surface area contributed by atoms with E-state index in [4.69, 9.17) is 0 Å². The first-order chi connectivity index (χ1) is 13.8. The van der Waals surface area contributed by atoms with Gasteiger partial charge in [0.15, 0.2) is 0 Å². The SMILES string of the molecule is O=C(N=S1(=O)CCCN(C(=O)CCN2CCCS2(=O)=O)CC1)C1CC2CCC1C2. The average Bonchev–Trinajstić information content (AvgIpc) is 3.34. The van der Waals surface area contributed by atoms with Crippen molar-refractivity contribution in [2.75, 3.05) is 43.4 Å². The molecule has 29 heavy (non-hydrogen) atoms. The molecule has 2 amide bonds. The van der Waals surface area contributed by atoms with Crippen LogP contribution in [0.1, 0.15) is 44.9 Å². The summed E-state index contributed by atoms with van der Waals surface area (Å²) in [4.78, 5) is 26.9. The summed E-state index contributed by atoms with van der Waals surface area (Å²) in [6.07, 6.45) is 5.61. The van der Waals surface area contributed by atoms with Gasteiger partial charge in [-0.1, -0.05) is 6.42 Å². The van der Waals surface area contributed by atoms with Gasteiger partial charge in [0.2, 0.25) is 15.9 Å². The van der Waals surface area contributed by atoms with Gasteiger partial charge in [-0.2, -0.15) is 4.36 Å². The number of fused-ring (bicyclic) bond motifs is 2. The summed E-state index contributed by atoms with van der Waals surface area (Å²) < 4.78 is 42.5. The van der Waals surface area contributed by atoms with Crippen LogP contribution in [0, 0.1) is 17.8 Å². The van der Waals surface area contributed by atoms with E-state index in [-0.39, 0.29) is 42.2 Å². The quantitative estimate of drug-likeness (QED) is 0.644. The van der Waals surface area contributed by atoms with Crippen LogP contribution in [0.4, 0.5) is 0 Å². The third-order valence-corrected chi connectivity index (χ3v) is 11.2. The first-order valence-corrected chi connectivity index (χ1v) is 14.2. The van der Waals surface area contributed by atoms with Crippen molar-refractivity contribution in [2.45, 2.75) is 44.9 Å². The molecule has 0 aromatic carbocycles. The lowest BCUT2D eigenvalue weighted by Gasteiger charge is -2.21. The van der Waals surface area contributed by atoms with Crippen molar-refractivity contribution in [3.8, 4) is 0 Å². The van der Waals surface area contributed by atoms with Crippen LogP contribution in [0.15, 0.2) is 4.36 Å². The Kier molecular flexibility index (Phi) is 6.05. The van der Waals surface area contributed by atoms with Crippen molar-refractivity contribution in [3.63, 3.8) is 0 Å². The second-order valence-electron chi connectivity index (χ2n) is 8.94. The Bertz CT molecular complexity index is 894. The minimum Gasteiger partial charge on any atom is -0.342 e. The highest BCUT2D eigenvalue weighted by Crippen LogP contribution is 2.48. The van der Waals surface area contributed by atoms with Crippen LogP contribution < -0.4 is 0 Å². The smallest absolute Gasteiger partial charge is 0.257 e. The number of hydrogen-bond donors (Lipinski definition) is 0. The van der Waals surface area contributed by atoms with Gasteiger partial charge < -0.3 is 4.90 Å². The number of sulfonamides is 1. The van der Waals surface area contributed by atoms with Gasteiger partial charge in [-0.3, -0.25) is 9.59 Å². The predicted molar refractivity (Wildman–Crippen MR) is 110 cm³/mol. The van der Waals surface area contributed by atoms with Gasteiger partial charge in [0.25, 0.3) is 5.91 Å². The summed E-state index contributed by atoms with van der Waals surface area (Å²) in [5, 5.41) is 0. The molecule has 0 aromatic rings. The van der Waals surface area contributed by atoms with Crippen LogP contribution in [-0.4, -0.2) is 77.1 Å². The van der Waals surface area contributed by atoms with E-state index in [0.29, 0.717) is 50.1 Å². The highest BCUT2D eigenvalue weighted by atomic mass is 32.2. The molecule has 0 aromatic heterocycles. The molecule has 164 valence electrons. The lowest BCUT2D eigenvalue weighted by Crippen LogP contribution is -2.37. The normalized spacial score (nSPS) is 36.8. The molecule has 0 radical (unpaired) electrons. The molecule has 2 aliphatic heterocycles. The van der Waals surface area contributed by atoms with Crippen molar-refractivity contribution in [1.82, 2.24) is 9.21 Å². The van der Waals surface area contributed by atoms with Crippen molar-refractivity contribution in [3.05, 3.63) is 0 Å². The zero-order valence-electron chi connectivity index (χ0n) is 16.8. The summed E-state index contributed by atoms with van der Waals surface area (Å²) in [5.41, 5.74) is 0. The maximum atomic E-state index is 13.2. The first-order valence-electron chi connectivity index (χ1n) is 10.8. The van der Waals surface area contributed by atoms with Crippen LogP contribution in [0.25, 0.3) is 0 Å². The highest BCUT2D eigenvalue weighted by Gasteiger charge is 2.43. The molecule has 4 unspecified atom stereocenters. The number of hydrogen-bond acceptors (Lipinski definition) is 5. The molecule has 4 aliphatic rings. The molecular weight excluding hydrogens is 414 g/mol. The fraction of sp³-hybridized carbons (Fsp3) is 0.895. The van der Waals surface area contributed by atoms with E-state index in [1.54, 1.807) is 4.90 Å². The Morgan fingerprint density at radius 1 is 0.931 bits per heavy atom. The van der Waals surface area contributed by atoms with Gasteiger partial charge in [-0.25, -0.2) is 16.9 Å². The topological polar surface area (TPSA) is 104 Å². The molecule has 2 saturated heterocycles. The van der Waals surface area contributed by atoms with Crippen LogP contribution in [0.3, 0.4) is 0 Å². The van der Waals surface area contributed by atoms with Crippen molar-refractivity contribution in [2.24, 2.45) is 22.1 Å². The Labute approximate surface area is 173 Å². The lowest BCUT2D eigenvalue weighted by molar-refractivity contribution is -0.131. The van der Waals surface area contributed by atoms with Crippen molar-refractivity contribution < 1.29 is 22.2 Å². The molecule has 4 atom stereocenters. The molecule has 0 N–H and O–H groups in total. The van der Waals surface area contributed by atoms with Crippen LogP contribution >= 0.6 is 0 Å². The zero-order chi connectivity index (χ0) is 20.6. The van der Waals surface area contributed by atoms with Crippen LogP contribution in [0.5, 0.6) is 0 Å². The van der Waals surface area contributed by atoms with Gasteiger partial charge in [0.1, 0.15) is 0 Å². The molecule has 2 aliphatic carbocycles. The van der Waals surface area contributed by atoms with Gasteiger partial charge >= 0.3 is 0 Å². The van der Waals surface area contributed by atoms with E-state index in [0.717, 1.165) is 19.3 Å². The minimum atomic E-state index is -3.20. The fourth-order valence-electron chi connectivity index (χ4n) is 5.39. The maximum Gasteiger partial charge on any atom is 0.257 e. The summed E-state index contributed by atoms with van der Waals surface area (Å²) in [6, 6.07) is 0. The van der Waals surface area contributed by atoms with Crippen LogP contribution in [-0.2, 0) is 29.3 Å². The zero-order valence-corrected chi connectivity index (χ0v) is 18.5. The molecular formula is C19H31N3O5S2. The van der Waals surface area contributed by atoms with Gasteiger partial charge in [-0.15, -0.1) is 0 Å². The summed E-state index contributed by atoms with van der Waals surface area (Å²) in [6.45, 7) is 1.49. The Hall–Kier alpha value is -1.00. The van der Waals surface area contributed by atoms with E-state index < -0.39 is 19.8 Å². The fourth-order valence-corrected chi connectivity index (χ4v) is 8.85. The molecule has 10 heteroatoms. The molecule has 4 fully saturated rings. The Balaban J connectivity index is 1.33. The molecule has 0 spiro atoms. The highest BCUT2D eigenvalue weighted by molar-refractivity contribution is 7.93. The molecule has 2 bridgehead atoms. The minimum absolute atomic E-state index is 0.0459. The second kappa shape index (κ2) is 8.26. The summed E-state index contributed by atoms with van der Waals surface area (Å²) >= 11 is 0. The maximum absolute atomic E-state index is 13.2. The monoisotopic (exact) mass is 445 g/mol. The van der Waals surface area contributed by atoms with Crippen molar-refractivity contribution >= 4 is 31.6 Å². The van der Waals surface area contributed by atoms with Gasteiger partial charge in [-0.05, 0) is 43.9 Å². The van der Waals surface area contributed by atoms with E-state index in [1.807, 2.05) is 0 Å². The van der Waals surface area contributed by atoms with Crippen LogP contribution in [0.2, 0.25) is 0 Å². The summed E-state index contributed by atoms with van der Waals surface area (Å²) in [7, 11) is -5.82. The second-order valence-corrected chi connectivity index (χ2v) is 13.6. The number of amides is 2. The number of carbonyl (C=O) groups excluding carboxylic acids is 2. The first kappa shape index (κ1) is 21.2. The van der Waals surface area contributed by atoms with E-state index >= 15 is 0 Å². The Morgan fingerprint density at radius 3 is 2.38 bits per heavy atom. The van der Waals surface area contributed by atoms with Gasteiger partial charge in [0, 0.05) is 50.0 Å². The molecule has 8 nitrogen and oxygen atoms in total. The Morgan fingerprint density at radius 2 is 1.72 bits per heavy atom. The standard InChI is InChI=1S/C19H31N3O5S2/c23-18(5-8-22-7-2-11-29(22,26)27)21-6-1-10-28(25,12-9-21)20-19(24)17-14-15-3-4-16(17)13-15/h15-17H,1-14H2. The van der Waals surface area contributed by atoms with Gasteiger partial charge in [0.05, 0.1) is 15.5 Å². The average molecular weight is 446 g/mol.